The summed E-state index contributed by atoms with van der Waals surface area (Å²) in [7, 11) is 1.56. The summed E-state index contributed by atoms with van der Waals surface area (Å²) in [5, 5.41) is 7.18. The first-order chi connectivity index (χ1) is 15.3. The Hall–Kier alpha value is -3.95. The predicted molar refractivity (Wildman–Crippen MR) is 118 cm³/mol. The molecule has 4 rings (SSSR count). The lowest BCUT2D eigenvalue weighted by Crippen LogP contribution is -2.29. The molecule has 32 heavy (non-hydrogen) atoms. The van der Waals surface area contributed by atoms with Gasteiger partial charge in [0.1, 0.15) is 11.6 Å². The first kappa shape index (κ1) is 21.3. The number of ether oxygens (including phenoxy) is 1. The van der Waals surface area contributed by atoms with Gasteiger partial charge in [0, 0.05) is 42.0 Å². The summed E-state index contributed by atoms with van der Waals surface area (Å²) in [6.45, 7) is 5.45. The maximum absolute atomic E-state index is 13.0. The normalized spacial score (nSPS) is 15.8. The van der Waals surface area contributed by atoms with Crippen LogP contribution in [0.5, 0.6) is 5.75 Å². The minimum Gasteiger partial charge on any atom is -0.497 e. The molecule has 1 aliphatic rings. The number of carbonyl (C=O) groups is 2. The number of methoxy groups -OCH3 is 1. The van der Waals surface area contributed by atoms with E-state index in [1.807, 2.05) is 0 Å². The zero-order valence-electron chi connectivity index (χ0n) is 18.3. The molecular formula is C22H24N6O4. The molecule has 1 fully saturated rings. The van der Waals surface area contributed by atoms with E-state index >= 15 is 0 Å². The van der Waals surface area contributed by atoms with E-state index in [2.05, 4.69) is 20.4 Å². The van der Waals surface area contributed by atoms with Crippen LogP contribution >= 0.6 is 0 Å². The van der Waals surface area contributed by atoms with Crippen LogP contribution in [0.25, 0.3) is 5.95 Å². The average molecular weight is 436 g/mol. The minimum absolute atomic E-state index is 0.0921. The highest BCUT2D eigenvalue weighted by Gasteiger charge is 2.35. The van der Waals surface area contributed by atoms with Gasteiger partial charge in [-0.05, 0) is 32.9 Å². The lowest BCUT2D eigenvalue weighted by molar-refractivity contribution is -0.122. The van der Waals surface area contributed by atoms with E-state index < -0.39 is 5.92 Å². The van der Waals surface area contributed by atoms with Crippen molar-refractivity contribution in [3.63, 3.8) is 0 Å². The van der Waals surface area contributed by atoms with Crippen molar-refractivity contribution in [2.75, 3.05) is 23.9 Å². The Balaban J connectivity index is 1.55. The molecule has 10 nitrogen and oxygen atoms in total. The summed E-state index contributed by atoms with van der Waals surface area (Å²) in [5.74, 6) is 0.231. The van der Waals surface area contributed by atoms with Crippen molar-refractivity contribution in [2.24, 2.45) is 5.92 Å². The highest BCUT2D eigenvalue weighted by atomic mass is 16.5. The second-order valence-electron chi connectivity index (χ2n) is 7.78. The van der Waals surface area contributed by atoms with Crippen molar-refractivity contribution >= 4 is 23.3 Å². The molecule has 2 aromatic heterocycles. The summed E-state index contributed by atoms with van der Waals surface area (Å²) in [6.07, 6.45) is 0.0921. The Kier molecular flexibility index (Phi) is 5.52. The lowest BCUT2D eigenvalue weighted by atomic mass is 10.1. The monoisotopic (exact) mass is 436 g/mol. The van der Waals surface area contributed by atoms with E-state index in [4.69, 9.17) is 4.74 Å². The maximum atomic E-state index is 13.0. The van der Waals surface area contributed by atoms with Gasteiger partial charge in [0.25, 0.3) is 5.56 Å². The Bertz CT molecular complexity index is 1260. The smallest absolute Gasteiger partial charge is 0.255 e. The molecule has 166 valence electrons. The highest BCUT2D eigenvalue weighted by Crippen LogP contribution is 2.28. The third kappa shape index (κ3) is 3.98. The van der Waals surface area contributed by atoms with Crippen molar-refractivity contribution in [1.82, 2.24) is 19.7 Å². The van der Waals surface area contributed by atoms with E-state index in [-0.39, 0.29) is 36.3 Å². The third-order valence-electron chi connectivity index (χ3n) is 5.53. The molecule has 1 aliphatic heterocycles. The summed E-state index contributed by atoms with van der Waals surface area (Å²) in [5.41, 5.74) is 2.15. The molecular weight excluding hydrogens is 412 g/mol. The number of nitrogens with one attached hydrogen (secondary N) is 2. The number of H-pyrrole nitrogens is 1. The molecule has 3 heterocycles. The fourth-order valence-electron chi connectivity index (χ4n) is 3.62. The molecule has 0 spiro atoms. The zero-order chi connectivity index (χ0) is 23.0. The van der Waals surface area contributed by atoms with Gasteiger partial charge in [-0.25, -0.2) is 4.98 Å². The number of hydrogen-bond donors (Lipinski definition) is 2. The number of carbonyl (C=O) groups excluding carboxylic acids is 2. The fourth-order valence-corrected chi connectivity index (χ4v) is 3.62. The fraction of sp³-hybridized carbons (Fsp3) is 0.318. The third-order valence-corrected chi connectivity index (χ3v) is 5.53. The number of anilines is 2. The Morgan fingerprint density at radius 3 is 2.72 bits per heavy atom. The van der Waals surface area contributed by atoms with Crippen molar-refractivity contribution in [3.05, 3.63) is 57.6 Å². The van der Waals surface area contributed by atoms with E-state index in [1.54, 1.807) is 63.1 Å². The number of hydrogen-bond acceptors (Lipinski definition) is 6. The predicted octanol–water partition coefficient (Wildman–Crippen LogP) is 1.88. The van der Waals surface area contributed by atoms with Gasteiger partial charge < -0.3 is 15.0 Å². The zero-order valence-corrected chi connectivity index (χ0v) is 18.3. The number of amides is 2. The van der Waals surface area contributed by atoms with Gasteiger partial charge in [0.05, 0.1) is 18.7 Å². The van der Waals surface area contributed by atoms with Crippen LogP contribution in [0.4, 0.5) is 11.5 Å². The quantitative estimate of drug-likeness (QED) is 0.630. The largest absolute Gasteiger partial charge is 0.497 e. The van der Waals surface area contributed by atoms with Crippen molar-refractivity contribution in [1.29, 1.82) is 0 Å². The summed E-state index contributed by atoms with van der Waals surface area (Å²) < 4.78 is 6.61. The summed E-state index contributed by atoms with van der Waals surface area (Å²) in [4.78, 5) is 46.4. The molecule has 3 aromatic rings. The van der Waals surface area contributed by atoms with E-state index in [1.165, 1.54) is 4.68 Å². The number of nitrogens with zero attached hydrogens (tertiary/aromatic N) is 4. The maximum Gasteiger partial charge on any atom is 0.255 e. The van der Waals surface area contributed by atoms with Gasteiger partial charge in [0.15, 0.2) is 0 Å². The van der Waals surface area contributed by atoms with Crippen molar-refractivity contribution in [3.8, 4) is 11.7 Å². The number of aromatic nitrogens is 4. The van der Waals surface area contributed by atoms with E-state index in [0.717, 1.165) is 0 Å². The van der Waals surface area contributed by atoms with Gasteiger partial charge in [-0.3, -0.25) is 19.4 Å². The SMILES string of the molecule is COc1cccc(N2CC(C(=O)Nc3cc(C)nn3-c3nc(C)c(C)c(=O)[nH]3)CC2=O)c1. The molecule has 1 aromatic carbocycles. The van der Waals surface area contributed by atoms with Crippen molar-refractivity contribution in [2.45, 2.75) is 27.2 Å². The van der Waals surface area contributed by atoms with Gasteiger partial charge in [-0.1, -0.05) is 6.07 Å². The van der Waals surface area contributed by atoms with Crippen LogP contribution in [-0.4, -0.2) is 45.2 Å². The number of rotatable bonds is 5. The molecule has 0 bridgehead atoms. The van der Waals surface area contributed by atoms with Gasteiger partial charge in [-0.15, -0.1) is 0 Å². The first-order valence-corrected chi connectivity index (χ1v) is 10.2. The van der Waals surface area contributed by atoms with Crippen LogP contribution in [0, 0.1) is 26.7 Å². The van der Waals surface area contributed by atoms with Gasteiger partial charge in [0.2, 0.25) is 17.8 Å². The van der Waals surface area contributed by atoms with Crippen LogP contribution in [0.3, 0.4) is 0 Å². The van der Waals surface area contributed by atoms with Gasteiger partial charge >= 0.3 is 0 Å². The van der Waals surface area contributed by atoms with Crippen LogP contribution in [0.2, 0.25) is 0 Å². The molecule has 0 aliphatic carbocycles. The summed E-state index contributed by atoms with van der Waals surface area (Å²) in [6, 6.07) is 8.85. The lowest BCUT2D eigenvalue weighted by Gasteiger charge is -2.17. The number of aryl methyl sites for hydroxylation is 2. The molecule has 2 amide bonds. The van der Waals surface area contributed by atoms with Crippen LogP contribution in [0.1, 0.15) is 23.4 Å². The van der Waals surface area contributed by atoms with Crippen LogP contribution < -0.4 is 20.5 Å². The molecule has 0 saturated carbocycles. The first-order valence-electron chi connectivity index (χ1n) is 10.2. The average Bonchev–Trinajstić information content (AvgIpc) is 3.34. The van der Waals surface area contributed by atoms with E-state index in [9.17, 15) is 14.4 Å². The molecule has 0 radical (unpaired) electrons. The minimum atomic E-state index is -0.538. The Morgan fingerprint density at radius 2 is 2.00 bits per heavy atom. The second kappa shape index (κ2) is 8.29. The van der Waals surface area contributed by atoms with Gasteiger partial charge in [-0.2, -0.15) is 9.78 Å². The topological polar surface area (TPSA) is 122 Å². The second-order valence-corrected chi connectivity index (χ2v) is 7.78. The Labute approximate surface area is 184 Å². The molecule has 2 N–H and O–H groups in total. The van der Waals surface area contributed by atoms with E-state index in [0.29, 0.717) is 34.2 Å². The van der Waals surface area contributed by atoms with Crippen LogP contribution in [-0.2, 0) is 9.59 Å². The molecule has 1 atom stereocenters. The summed E-state index contributed by atoms with van der Waals surface area (Å²) >= 11 is 0. The highest BCUT2D eigenvalue weighted by molar-refractivity contribution is 6.03. The number of aromatic amines is 1. The van der Waals surface area contributed by atoms with Crippen LogP contribution in [0.15, 0.2) is 35.1 Å². The molecule has 1 saturated heterocycles. The molecule has 10 heteroatoms. The molecule has 1 unspecified atom stereocenters. The standard InChI is InChI=1S/C22H24N6O4/c1-12-8-18(28(26-12)22-23-14(3)13(2)20(30)25-22)24-21(31)15-9-19(29)27(11-15)16-6-5-7-17(10-16)32-4/h5-8,10,15H,9,11H2,1-4H3,(H,24,31)(H,23,25,30). The Morgan fingerprint density at radius 1 is 1.22 bits per heavy atom. The number of benzene rings is 1. The van der Waals surface area contributed by atoms with Crippen molar-refractivity contribution < 1.29 is 14.3 Å².